The number of hydrogen-bond acceptors (Lipinski definition) is 4. The van der Waals surface area contributed by atoms with Crippen LogP contribution in [0.25, 0.3) is 10.9 Å². The van der Waals surface area contributed by atoms with Crippen molar-refractivity contribution in [1.82, 2.24) is 15.6 Å². The molecule has 1 aliphatic rings. The molecule has 7 heteroatoms. The van der Waals surface area contributed by atoms with Crippen LogP contribution >= 0.6 is 0 Å². The van der Waals surface area contributed by atoms with Crippen LogP contribution in [0.15, 0.2) is 54.7 Å². The second-order valence-electron chi connectivity index (χ2n) is 9.22. The smallest absolute Gasteiger partial charge is 0.408 e. The number of aliphatic hydroxyl groups is 1. The SMILES string of the molecule is CC(C)(C)OC(=O)N[C@@H](Cc1c[nH]c2ccccc12)C(=O)N[C@H]1c2ccccc2C[C@H]1O. The molecule has 3 aromatic rings. The summed E-state index contributed by atoms with van der Waals surface area (Å²) in [6.07, 6.45) is 1.23. The number of aromatic amines is 1. The molecule has 0 spiro atoms. The van der Waals surface area contributed by atoms with Crippen LogP contribution in [-0.4, -0.2) is 39.8 Å². The summed E-state index contributed by atoms with van der Waals surface area (Å²) in [5.41, 5.74) is 3.09. The lowest BCUT2D eigenvalue weighted by Gasteiger charge is -2.25. The lowest BCUT2D eigenvalue weighted by atomic mass is 10.0. The van der Waals surface area contributed by atoms with Gasteiger partial charge in [0.15, 0.2) is 0 Å². The van der Waals surface area contributed by atoms with Gasteiger partial charge in [-0.1, -0.05) is 42.5 Å². The van der Waals surface area contributed by atoms with Crippen molar-refractivity contribution in [3.05, 3.63) is 71.4 Å². The van der Waals surface area contributed by atoms with E-state index >= 15 is 0 Å². The van der Waals surface area contributed by atoms with E-state index in [2.05, 4.69) is 15.6 Å². The summed E-state index contributed by atoms with van der Waals surface area (Å²) in [6.45, 7) is 5.31. The fourth-order valence-electron chi connectivity index (χ4n) is 4.18. The first kappa shape index (κ1) is 21.9. The normalized spacial score (nSPS) is 18.8. The molecule has 0 aliphatic heterocycles. The summed E-state index contributed by atoms with van der Waals surface area (Å²) in [7, 11) is 0. The fourth-order valence-corrected chi connectivity index (χ4v) is 4.18. The van der Waals surface area contributed by atoms with Crippen molar-refractivity contribution in [1.29, 1.82) is 0 Å². The number of carbonyl (C=O) groups excluding carboxylic acids is 2. The van der Waals surface area contributed by atoms with Crippen molar-refractivity contribution >= 4 is 22.9 Å². The van der Waals surface area contributed by atoms with Crippen LogP contribution in [0, 0.1) is 0 Å². The molecule has 1 aliphatic carbocycles. The molecule has 0 saturated carbocycles. The lowest BCUT2D eigenvalue weighted by Crippen LogP contribution is -2.50. The van der Waals surface area contributed by atoms with E-state index in [-0.39, 0.29) is 12.3 Å². The van der Waals surface area contributed by atoms with Crippen LogP contribution in [0.2, 0.25) is 0 Å². The Balaban J connectivity index is 1.57. The largest absolute Gasteiger partial charge is 0.444 e. The van der Waals surface area contributed by atoms with Gasteiger partial charge in [-0.15, -0.1) is 0 Å². The van der Waals surface area contributed by atoms with Crippen LogP contribution in [0.3, 0.4) is 0 Å². The van der Waals surface area contributed by atoms with Crippen LogP contribution in [0.5, 0.6) is 0 Å². The summed E-state index contributed by atoms with van der Waals surface area (Å²) >= 11 is 0. The molecular weight excluding hydrogens is 406 g/mol. The molecule has 1 aromatic heterocycles. The van der Waals surface area contributed by atoms with Crippen molar-refractivity contribution in [2.45, 2.75) is 57.4 Å². The number of hydrogen-bond donors (Lipinski definition) is 4. The number of ether oxygens (including phenoxy) is 1. The van der Waals surface area contributed by atoms with E-state index in [1.54, 1.807) is 20.8 Å². The molecule has 3 atom stereocenters. The third-order valence-corrected chi connectivity index (χ3v) is 5.61. The van der Waals surface area contributed by atoms with Gasteiger partial charge in [-0.2, -0.15) is 0 Å². The Bertz CT molecular complexity index is 1130. The summed E-state index contributed by atoms with van der Waals surface area (Å²) in [4.78, 5) is 29.0. The molecule has 32 heavy (non-hydrogen) atoms. The van der Waals surface area contributed by atoms with Gasteiger partial charge in [0.1, 0.15) is 11.6 Å². The summed E-state index contributed by atoms with van der Waals surface area (Å²) < 4.78 is 5.39. The number of para-hydroxylation sites is 1. The van der Waals surface area contributed by atoms with E-state index in [1.165, 1.54) is 0 Å². The highest BCUT2D eigenvalue weighted by Crippen LogP contribution is 2.31. The van der Waals surface area contributed by atoms with Crippen molar-refractivity contribution in [2.75, 3.05) is 0 Å². The summed E-state index contributed by atoms with van der Waals surface area (Å²) in [6, 6.07) is 14.1. The Hall–Kier alpha value is -3.32. The molecule has 1 heterocycles. The zero-order valence-corrected chi connectivity index (χ0v) is 18.5. The number of benzene rings is 2. The average molecular weight is 436 g/mol. The van der Waals surface area contributed by atoms with Gasteiger partial charge in [0.05, 0.1) is 12.1 Å². The fraction of sp³-hybridized carbons (Fsp3) is 0.360. The zero-order valence-electron chi connectivity index (χ0n) is 18.5. The third kappa shape index (κ3) is 4.78. The molecule has 0 saturated heterocycles. The van der Waals surface area contributed by atoms with E-state index in [4.69, 9.17) is 4.74 Å². The van der Waals surface area contributed by atoms with Gasteiger partial charge in [-0.05, 0) is 43.5 Å². The number of amides is 2. The quantitative estimate of drug-likeness (QED) is 0.493. The standard InChI is InChI=1S/C25H29N3O4/c1-25(2,3)32-24(31)27-20(12-16-14-26-19-11-7-6-9-17(16)19)23(30)28-22-18-10-5-4-8-15(18)13-21(22)29/h4-11,14,20-22,26,29H,12-13H2,1-3H3,(H,27,31)(H,28,30)/t20-,21+,22-/m0/s1. The summed E-state index contributed by atoms with van der Waals surface area (Å²) in [5, 5.41) is 17.2. The maximum atomic E-state index is 13.3. The van der Waals surface area contributed by atoms with Gasteiger partial charge in [0.25, 0.3) is 0 Å². The Morgan fingerprint density at radius 2 is 1.88 bits per heavy atom. The first-order valence-electron chi connectivity index (χ1n) is 10.8. The predicted molar refractivity (Wildman–Crippen MR) is 122 cm³/mol. The Morgan fingerprint density at radius 1 is 1.16 bits per heavy atom. The molecule has 2 aromatic carbocycles. The van der Waals surface area contributed by atoms with Gasteiger partial charge in [-0.25, -0.2) is 4.79 Å². The molecule has 0 fully saturated rings. The minimum absolute atomic E-state index is 0.277. The number of aromatic nitrogens is 1. The minimum Gasteiger partial charge on any atom is -0.444 e. The monoisotopic (exact) mass is 435 g/mol. The number of rotatable bonds is 5. The van der Waals surface area contributed by atoms with Gasteiger partial charge < -0.3 is 25.5 Å². The predicted octanol–water partition coefficient (Wildman–Crippen LogP) is 3.38. The maximum absolute atomic E-state index is 13.3. The number of alkyl carbamates (subject to hydrolysis) is 1. The van der Waals surface area contributed by atoms with Crippen LogP contribution in [-0.2, 0) is 22.4 Å². The molecule has 0 radical (unpaired) electrons. The zero-order chi connectivity index (χ0) is 22.9. The minimum atomic E-state index is -0.871. The summed E-state index contributed by atoms with van der Waals surface area (Å²) in [5.74, 6) is -0.373. The lowest BCUT2D eigenvalue weighted by molar-refractivity contribution is -0.124. The Morgan fingerprint density at radius 3 is 2.66 bits per heavy atom. The van der Waals surface area contributed by atoms with E-state index in [0.717, 1.165) is 27.6 Å². The second-order valence-corrected chi connectivity index (χ2v) is 9.22. The van der Waals surface area contributed by atoms with E-state index < -0.39 is 29.9 Å². The first-order valence-corrected chi connectivity index (χ1v) is 10.8. The third-order valence-electron chi connectivity index (χ3n) is 5.61. The van der Waals surface area contributed by atoms with E-state index in [9.17, 15) is 14.7 Å². The van der Waals surface area contributed by atoms with Crippen LogP contribution in [0.4, 0.5) is 4.79 Å². The van der Waals surface area contributed by atoms with Crippen molar-refractivity contribution in [3.8, 4) is 0 Å². The number of fused-ring (bicyclic) bond motifs is 2. The van der Waals surface area contributed by atoms with Crippen LogP contribution < -0.4 is 10.6 Å². The number of H-pyrrole nitrogens is 1. The van der Waals surface area contributed by atoms with Gasteiger partial charge >= 0.3 is 6.09 Å². The first-order chi connectivity index (χ1) is 15.2. The molecule has 4 N–H and O–H groups in total. The Kier molecular flexibility index (Phi) is 5.93. The molecule has 2 amide bonds. The molecular formula is C25H29N3O4. The molecule has 0 bridgehead atoms. The molecule has 0 unspecified atom stereocenters. The van der Waals surface area contributed by atoms with Crippen molar-refractivity contribution in [3.63, 3.8) is 0 Å². The highest BCUT2D eigenvalue weighted by Gasteiger charge is 2.34. The van der Waals surface area contributed by atoms with Gasteiger partial charge in [0.2, 0.25) is 5.91 Å². The van der Waals surface area contributed by atoms with Gasteiger partial charge in [0, 0.05) is 29.9 Å². The van der Waals surface area contributed by atoms with Crippen LogP contribution in [0.1, 0.15) is 43.5 Å². The maximum Gasteiger partial charge on any atom is 0.408 e. The molecule has 4 rings (SSSR count). The highest BCUT2D eigenvalue weighted by molar-refractivity contribution is 5.88. The average Bonchev–Trinajstić information content (AvgIpc) is 3.27. The van der Waals surface area contributed by atoms with Crippen molar-refractivity contribution < 1.29 is 19.4 Å². The van der Waals surface area contributed by atoms with Crippen molar-refractivity contribution in [2.24, 2.45) is 0 Å². The number of carbonyl (C=O) groups is 2. The van der Waals surface area contributed by atoms with E-state index in [0.29, 0.717) is 6.42 Å². The number of nitrogens with one attached hydrogen (secondary N) is 3. The van der Waals surface area contributed by atoms with E-state index in [1.807, 2.05) is 54.7 Å². The topological polar surface area (TPSA) is 103 Å². The van der Waals surface area contributed by atoms with Gasteiger partial charge in [-0.3, -0.25) is 4.79 Å². The second kappa shape index (κ2) is 8.67. The molecule has 7 nitrogen and oxygen atoms in total. The molecule has 168 valence electrons. The Labute approximate surface area is 187 Å². The number of aliphatic hydroxyl groups excluding tert-OH is 1. The highest BCUT2D eigenvalue weighted by atomic mass is 16.6.